The van der Waals surface area contributed by atoms with Crippen LogP contribution in [0.4, 0.5) is 0 Å². The highest BCUT2D eigenvalue weighted by Gasteiger charge is 2.04. The fourth-order valence-electron chi connectivity index (χ4n) is 1.61. The van der Waals surface area contributed by atoms with E-state index in [0.717, 1.165) is 17.9 Å². The lowest BCUT2D eigenvalue weighted by Crippen LogP contribution is -2.30. The Hall–Kier alpha value is -1.46. The van der Waals surface area contributed by atoms with Crippen molar-refractivity contribution in [2.45, 2.75) is 19.5 Å². The molecule has 0 amide bonds. The average molecular weight is 220 g/mol. The highest BCUT2D eigenvalue weighted by molar-refractivity contribution is 5.36. The first kappa shape index (κ1) is 11.0. The molecular weight excluding hydrogens is 204 g/mol. The minimum Gasteiger partial charge on any atom is -0.383 e. The number of rotatable bonds is 5. The van der Waals surface area contributed by atoms with Crippen LogP contribution >= 0.6 is 0 Å². The van der Waals surface area contributed by atoms with E-state index in [2.05, 4.69) is 22.3 Å². The van der Waals surface area contributed by atoms with E-state index < -0.39 is 0 Å². The topological polar surface area (TPSA) is 51.5 Å². The van der Waals surface area contributed by atoms with Crippen molar-refractivity contribution in [1.82, 2.24) is 19.9 Å². The van der Waals surface area contributed by atoms with Gasteiger partial charge in [0.15, 0.2) is 5.65 Å². The maximum Gasteiger partial charge on any atom is 0.155 e. The zero-order chi connectivity index (χ0) is 11.4. The van der Waals surface area contributed by atoms with Gasteiger partial charge >= 0.3 is 0 Å². The summed E-state index contributed by atoms with van der Waals surface area (Å²) in [5, 5.41) is 7.59. The molecule has 0 aliphatic heterocycles. The molecule has 1 atom stereocenters. The molecule has 16 heavy (non-hydrogen) atoms. The van der Waals surface area contributed by atoms with Gasteiger partial charge < -0.3 is 10.1 Å². The van der Waals surface area contributed by atoms with Crippen LogP contribution in [-0.2, 0) is 11.3 Å². The number of fused-ring (bicyclic) bond motifs is 1. The maximum absolute atomic E-state index is 5.07. The number of hydrogen-bond acceptors (Lipinski definition) is 4. The van der Waals surface area contributed by atoms with Crippen molar-refractivity contribution in [1.29, 1.82) is 0 Å². The molecule has 0 aliphatic carbocycles. The van der Waals surface area contributed by atoms with Gasteiger partial charge in [-0.3, -0.25) is 0 Å². The lowest BCUT2D eigenvalue weighted by atomic mass is 10.3. The van der Waals surface area contributed by atoms with Crippen molar-refractivity contribution in [3.05, 3.63) is 30.2 Å². The summed E-state index contributed by atoms with van der Waals surface area (Å²) in [5.74, 6) is 0. The van der Waals surface area contributed by atoms with Crippen molar-refractivity contribution < 1.29 is 4.74 Å². The number of nitrogens with one attached hydrogen (secondary N) is 1. The summed E-state index contributed by atoms with van der Waals surface area (Å²) in [7, 11) is 1.70. The molecular formula is C11H16N4O. The summed E-state index contributed by atoms with van der Waals surface area (Å²) >= 11 is 0. The van der Waals surface area contributed by atoms with Gasteiger partial charge in [-0.05, 0) is 13.0 Å². The second-order valence-corrected chi connectivity index (χ2v) is 3.77. The lowest BCUT2D eigenvalue weighted by molar-refractivity contribution is 0.171. The maximum atomic E-state index is 5.07. The van der Waals surface area contributed by atoms with Crippen LogP contribution in [-0.4, -0.2) is 34.4 Å². The Balaban J connectivity index is 2.06. The molecule has 0 saturated carbocycles. The molecule has 0 fully saturated rings. The number of nitrogens with zero attached hydrogens (tertiary/aromatic N) is 3. The molecule has 1 unspecified atom stereocenters. The Morgan fingerprint density at radius 1 is 1.44 bits per heavy atom. The fraction of sp³-hybridized carbons (Fsp3) is 0.455. The van der Waals surface area contributed by atoms with Gasteiger partial charge in [-0.25, -0.2) is 9.50 Å². The fourth-order valence-corrected chi connectivity index (χ4v) is 1.61. The van der Waals surface area contributed by atoms with Gasteiger partial charge in [0.2, 0.25) is 0 Å². The SMILES string of the molecule is COCC(C)NCc1ccnc2ccnn12. The molecule has 86 valence electrons. The summed E-state index contributed by atoms with van der Waals surface area (Å²) in [4.78, 5) is 4.21. The Morgan fingerprint density at radius 3 is 3.12 bits per heavy atom. The molecule has 0 spiro atoms. The van der Waals surface area contributed by atoms with Crippen LogP contribution in [0.1, 0.15) is 12.6 Å². The van der Waals surface area contributed by atoms with Crippen LogP contribution in [0.5, 0.6) is 0 Å². The van der Waals surface area contributed by atoms with Gasteiger partial charge in [-0.15, -0.1) is 0 Å². The van der Waals surface area contributed by atoms with E-state index in [1.165, 1.54) is 0 Å². The summed E-state index contributed by atoms with van der Waals surface area (Å²) in [6, 6.07) is 4.18. The van der Waals surface area contributed by atoms with Crippen LogP contribution in [0.2, 0.25) is 0 Å². The van der Waals surface area contributed by atoms with Gasteiger partial charge in [0.1, 0.15) is 0 Å². The largest absolute Gasteiger partial charge is 0.383 e. The minimum absolute atomic E-state index is 0.323. The normalized spacial score (nSPS) is 13.1. The highest BCUT2D eigenvalue weighted by atomic mass is 16.5. The third-order valence-electron chi connectivity index (χ3n) is 2.42. The van der Waals surface area contributed by atoms with Gasteiger partial charge in [-0.1, -0.05) is 0 Å². The average Bonchev–Trinajstić information content (AvgIpc) is 2.75. The highest BCUT2D eigenvalue weighted by Crippen LogP contribution is 2.03. The predicted molar refractivity (Wildman–Crippen MR) is 61.2 cm³/mol. The molecule has 0 radical (unpaired) electrons. The smallest absolute Gasteiger partial charge is 0.155 e. The Morgan fingerprint density at radius 2 is 2.31 bits per heavy atom. The zero-order valence-corrected chi connectivity index (χ0v) is 9.55. The molecule has 0 saturated heterocycles. The van der Waals surface area contributed by atoms with E-state index in [9.17, 15) is 0 Å². The predicted octanol–water partition coefficient (Wildman–Crippen LogP) is 0.854. The zero-order valence-electron chi connectivity index (χ0n) is 9.55. The molecule has 2 rings (SSSR count). The van der Waals surface area contributed by atoms with Crippen molar-refractivity contribution >= 4 is 5.65 Å². The standard InChI is InChI=1S/C11H16N4O/c1-9(8-16-2)13-7-10-3-5-12-11-4-6-14-15(10)11/h3-6,9,13H,7-8H2,1-2H3. The Bertz CT molecular complexity index is 454. The van der Waals surface area contributed by atoms with Crippen molar-refractivity contribution in [3.63, 3.8) is 0 Å². The first-order chi connectivity index (χ1) is 7.81. The van der Waals surface area contributed by atoms with E-state index in [1.807, 2.05) is 16.6 Å². The van der Waals surface area contributed by atoms with Crippen molar-refractivity contribution in [2.75, 3.05) is 13.7 Å². The Labute approximate surface area is 94.4 Å². The molecule has 5 nitrogen and oxygen atoms in total. The molecule has 0 aromatic carbocycles. The Kier molecular flexibility index (Phi) is 3.48. The summed E-state index contributed by atoms with van der Waals surface area (Å²) in [6.45, 7) is 3.55. The molecule has 5 heteroatoms. The van der Waals surface area contributed by atoms with Crippen LogP contribution in [0.3, 0.4) is 0 Å². The van der Waals surface area contributed by atoms with E-state index in [-0.39, 0.29) is 0 Å². The van der Waals surface area contributed by atoms with E-state index in [4.69, 9.17) is 4.74 Å². The first-order valence-electron chi connectivity index (χ1n) is 5.31. The quantitative estimate of drug-likeness (QED) is 0.811. The molecule has 2 heterocycles. The number of aromatic nitrogens is 3. The first-order valence-corrected chi connectivity index (χ1v) is 5.31. The molecule has 2 aromatic rings. The van der Waals surface area contributed by atoms with E-state index >= 15 is 0 Å². The summed E-state index contributed by atoms with van der Waals surface area (Å²) in [6.07, 6.45) is 3.55. The molecule has 0 aliphatic rings. The third-order valence-corrected chi connectivity index (χ3v) is 2.42. The third kappa shape index (κ3) is 2.37. The van der Waals surface area contributed by atoms with Gasteiger partial charge in [0, 0.05) is 32.0 Å². The monoisotopic (exact) mass is 220 g/mol. The summed E-state index contributed by atoms with van der Waals surface area (Å²) in [5.41, 5.74) is 1.97. The molecule has 1 N–H and O–H groups in total. The van der Waals surface area contributed by atoms with Crippen molar-refractivity contribution in [3.8, 4) is 0 Å². The van der Waals surface area contributed by atoms with Crippen LogP contribution in [0, 0.1) is 0 Å². The van der Waals surface area contributed by atoms with Crippen LogP contribution in [0.15, 0.2) is 24.5 Å². The number of methoxy groups -OCH3 is 1. The lowest BCUT2D eigenvalue weighted by Gasteiger charge is -2.12. The molecule has 2 aromatic heterocycles. The van der Waals surface area contributed by atoms with Gasteiger partial charge in [-0.2, -0.15) is 5.10 Å². The second kappa shape index (κ2) is 5.05. The molecule has 0 bridgehead atoms. The van der Waals surface area contributed by atoms with Crippen molar-refractivity contribution in [2.24, 2.45) is 0 Å². The second-order valence-electron chi connectivity index (χ2n) is 3.77. The number of ether oxygens (including phenoxy) is 1. The van der Waals surface area contributed by atoms with E-state index in [1.54, 1.807) is 19.5 Å². The minimum atomic E-state index is 0.323. The van der Waals surface area contributed by atoms with Crippen LogP contribution in [0.25, 0.3) is 5.65 Å². The van der Waals surface area contributed by atoms with Gasteiger partial charge in [0.25, 0.3) is 0 Å². The van der Waals surface area contributed by atoms with Gasteiger partial charge in [0.05, 0.1) is 18.5 Å². The van der Waals surface area contributed by atoms with E-state index in [0.29, 0.717) is 12.6 Å². The van der Waals surface area contributed by atoms with Crippen LogP contribution < -0.4 is 5.32 Å². The number of hydrogen-bond donors (Lipinski definition) is 1. The summed E-state index contributed by atoms with van der Waals surface area (Å²) < 4.78 is 6.91.